The molecule has 5 heteroatoms. The van der Waals surface area contributed by atoms with Crippen molar-refractivity contribution in [2.45, 2.75) is 31.8 Å². The third-order valence-electron chi connectivity index (χ3n) is 3.93. The summed E-state index contributed by atoms with van der Waals surface area (Å²) in [5, 5.41) is 2.98. The number of ether oxygens (including phenoxy) is 1. The lowest BCUT2D eigenvalue weighted by molar-refractivity contribution is -0.120. The molecule has 0 heterocycles. The van der Waals surface area contributed by atoms with Gasteiger partial charge in [0.1, 0.15) is 5.75 Å². The van der Waals surface area contributed by atoms with E-state index in [4.69, 9.17) is 10.5 Å². The lowest BCUT2D eigenvalue weighted by Gasteiger charge is -2.18. The smallest absolute Gasteiger partial charge is 0.229 e. The monoisotopic (exact) mass is 291 g/mol. The van der Waals surface area contributed by atoms with Crippen LogP contribution in [0.1, 0.15) is 24.8 Å². The highest BCUT2D eigenvalue weighted by molar-refractivity contribution is 5.94. The summed E-state index contributed by atoms with van der Waals surface area (Å²) >= 11 is 0. The number of anilines is 1. The second-order valence-electron chi connectivity index (χ2n) is 5.96. The van der Waals surface area contributed by atoms with E-state index in [9.17, 15) is 4.79 Å². The number of methoxy groups -OCH3 is 1. The second-order valence-corrected chi connectivity index (χ2v) is 5.96. The topological polar surface area (TPSA) is 67.6 Å². The highest BCUT2D eigenvalue weighted by Gasteiger charge is 2.30. The molecule has 2 unspecified atom stereocenters. The normalized spacial score (nSPS) is 21.6. The van der Waals surface area contributed by atoms with Crippen LogP contribution in [0.4, 0.5) is 5.69 Å². The molecule has 1 amide bonds. The summed E-state index contributed by atoms with van der Waals surface area (Å²) < 4.78 is 5.34. The first kappa shape index (κ1) is 15.8. The molecule has 3 N–H and O–H groups in total. The molecule has 1 aromatic carbocycles. The maximum Gasteiger partial charge on any atom is 0.229 e. The Morgan fingerprint density at radius 1 is 1.43 bits per heavy atom. The lowest BCUT2D eigenvalue weighted by Crippen LogP contribution is -2.34. The number of amides is 1. The Morgan fingerprint density at radius 3 is 2.76 bits per heavy atom. The predicted molar refractivity (Wildman–Crippen MR) is 84.3 cm³/mol. The van der Waals surface area contributed by atoms with Crippen LogP contribution in [0.15, 0.2) is 18.2 Å². The van der Waals surface area contributed by atoms with Gasteiger partial charge in [-0.3, -0.25) is 4.79 Å². The Labute approximate surface area is 126 Å². The number of benzene rings is 1. The average Bonchev–Trinajstić information content (AvgIpc) is 2.84. The molecule has 0 spiro atoms. The van der Waals surface area contributed by atoms with Crippen molar-refractivity contribution < 1.29 is 9.53 Å². The van der Waals surface area contributed by atoms with Gasteiger partial charge in [-0.05, 0) is 44.6 Å². The first-order valence-electron chi connectivity index (χ1n) is 7.39. The van der Waals surface area contributed by atoms with Crippen molar-refractivity contribution in [2.75, 3.05) is 26.5 Å². The van der Waals surface area contributed by atoms with Gasteiger partial charge in [0, 0.05) is 12.6 Å². The molecule has 0 bridgehead atoms. The minimum absolute atomic E-state index is 0.000281. The zero-order valence-corrected chi connectivity index (χ0v) is 13.1. The van der Waals surface area contributed by atoms with E-state index >= 15 is 0 Å². The van der Waals surface area contributed by atoms with Gasteiger partial charge in [-0.15, -0.1) is 0 Å². The van der Waals surface area contributed by atoms with Crippen molar-refractivity contribution in [3.63, 3.8) is 0 Å². The number of carbonyl (C=O) groups excluding carboxylic acids is 1. The Kier molecular flexibility index (Phi) is 5.20. The molecule has 0 saturated heterocycles. The molecule has 1 aliphatic carbocycles. The highest BCUT2D eigenvalue weighted by atomic mass is 16.5. The fraction of sp³-hybridized carbons (Fsp3) is 0.562. The van der Waals surface area contributed by atoms with Crippen LogP contribution in [0.3, 0.4) is 0 Å². The van der Waals surface area contributed by atoms with E-state index in [1.165, 1.54) is 0 Å². The van der Waals surface area contributed by atoms with E-state index in [2.05, 4.69) is 10.2 Å². The van der Waals surface area contributed by atoms with Gasteiger partial charge in [-0.25, -0.2) is 0 Å². The van der Waals surface area contributed by atoms with Crippen LogP contribution < -0.4 is 15.8 Å². The van der Waals surface area contributed by atoms with Crippen molar-refractivity contribution in [3.8, 4) is 5.75 Å². The minimum atomic E-state index is -0.0905. The molecule has 21 heavy (non-hydrogen) atoms. The summed E-state index contributed by atoms with van der Waals surface area (Å²) in [5.41, 5.74) is 7.86. The molecule has 2 atom stereocenters. The predicted octanol–water partition coefficient (Wildman–Crippen LogP) is 1.82. The van der Waals surface area contributed by atoms with Crippen LogP contribution in [0.25, 0.3) is 0 Å². The number of hydrogen-bond acceptors (Lipinski definition) is 4. The van der Waals surface area contributed by atoms with E-state index in [1.54, 1.807) is 7.11 Å². The molecule has 5 nitrogen and oxygen atoms in total. The van der Waals surface area contributed by atoms with Crippen LogP contribution in [-0.4, -0.2) is 38.1 Å². The fourth-order valence-corrected chi connectivity index (χ4v) is 2.86. The molecular weight excluding hydrogens is 266 g/mol. The van der Waals surface area contributed by atoms with E-state index < -0.39 is 0 Å². The number of hydrogen-bond donors (Lipinski definition) is 2. The molecule has 0 aliphatic heterocycles. The van der Waals surface area contributed by atoms with E-state index in [1.807, 2.05) is 32.3 Å². The standard InChI is InChI=1S/C16H25N3O2/c1-19(2)10-11-7-8-15(21-3)14(9-11)18-16(20)12-5-4-6-13(12)17/h7-9,12-13H,4-6,10,17H2,1-3H3,(H,18,20). The van der Waals surface area contributed by atoms with E-state index in [0.717, 1.165) is 37.1 Å². The quantitative estimate of drug-likeness (QED) is 0.868. The third kappa shape index (κ3) is 3.95. The number of rotatable bonds is 5. The van der Waals surface area contributed by atoms with Crippen molar-refractivity contribution in [3.05, 3.63) is 23.8 Å². The average molecular weight is 291 g/mol. The Hall–Kier alpha value is -1.59. The van der Waals surface area contributed by atoms with Crippen LogP contribution in [0.2, 0.25) is 0 Å². The maximum atomic E-state index is 12.4. The Balaban J connectivity index is 2.14. The highest BCUT2D eigenvalue weighted by Crippen LogP contribution is 2.29. The van der Waals surface area contributed by atoms with Crippen molar-refractivity contribution in [2.24, 2.45) is 11.7 Å². The van der Waals surface area contributed by atoms with Crippen molar-refractivity contribution >= 4 is 11.6 Å². The summed E-state index contributed by atoms with van der Waals surface area (Å²) in [6.45, 7) is 0.815. The van der Waals surface area contributed by atoms with Crippen molar-refractivity contribution in [1.29, 1.82) is 0 Å². The fourth-order valence-electron chi connectivity index (χ4n) is 2.86. The van der Waals surface area contributed by atoms with Crippen LogP contribution in [0.5, 0.6) is 5.75 Å². The largest absolute Gasteiger partial charge is 0.495 e. The van der Waals surface area contributed by atoms with Gasteiger partial charge in [-0.2, -0.15) is 0 Å². The molecule has 1 fully saturated rings. The third-order valence-corrected chi connectivity index (χ3v) is 3.93. The Bertz CT molecular complexity index is 502. The summed E-state index contributed by atoms with van der Waals surface area (Å²) in [7, 11) is 5.64. The van der Waals surface area contributed by atoms with Gasteiger partial charge < -0.3 is 20.7 Å². The number of nitrogens with one attached hydrogen (secondary N) is 1. The van der Waals surface area contributed by atoms with Gasteiger partial charge >= 0.3 is 0 Å². The molecule has 1 aliphatic rings. The van der Waals surface area contributed by atoms with Gasteiger partial charge in [-0.1, -0.05) is 12.5 Å². The number of carbonyl (C=O) groups is 1. The lowest BCUT2D eigenvalue weighted by atomic mass is 10.0. The van der Waals surface area contributed by atoms with Crippen LogP contribution in [-0.2, 0) is 11.3 Å². The minimum Gasteiger partial charge on any atom is -0.495 e. The van der Waals surface area contributed by atoms with Gasteiger partial charge in [0.05, 0.1) is 18.7 Å². The van der Waals surface area contributed by atoms with E-state index in [0.29, 0.717) is 5.75 Å². The molecule has 0 aromatic heterocycles. The van der Waals surface area contributed by atoms with Gasteiger partial charge in [0.25, 0.3) is 0 Å². The number of nitrogens with zero attached hydrogens (tertiary/aromatic N) is 1. The molecule has 116 valence electrons. The maximum absolute atomic E-state index is 12.4. The summed E-state index contributed by atoms with van der Waals surface area (Å²) in [5.74, 6) is 0.588. The SMILES string of the molecule is COc1ccc(CN(C)C)cc1NC(=O)C1CCCC1N. The molecule has 1 aromatic rings. The van der Waals surface area contributed by atoms with Crippen LogP contribution in [0, 0.1) is 5.92 Å². The molecule has 2 rings (SSSR count). The molecule has 1 saturated carbocycles. The molecular formula is C16H25N3O2. The zero-order chi connectivity index (χ0) is 15.4. The number of nitrogens with two attached hydrogens (primary N) is 1. The zero-order valence-electron chi connectivity index (χ0n) is 13.1. The van der Waals surface area contributed by atoms with Crippen molar-refractivity contribution in [1.82, 2.24) is 4.90 Å². The first-order chi connectivity index (χ1) is 10.0. The summed E-state index contributed by atoms with van der Waals surface area (Å²) in [6, 6.07) is 5.84. The van der Waals surface area contributed by atoms with E-state index in [-0.39, 0.29) is 17.9 Å². The summed E-state index contributed by atoms with van der Waals surface area (Å²) in [6.07, 6.45) is 2.82. The Morgan fingerprint density at radius 2 is 2.19 bits per heavy atom. The summed E-state index contributed by atoms with van der Waals surface area (Å²) in [4.78, 5) is 14.5. The van der Waals surface area contributed by atoms with Gasteiger partial charge in [0.15, 0.2) is 0 Å². The second kappa shape index (κ2) is 6.91. The first-order valence-corrected chi connectivity index (χ1v) is 7.39. The van der Waals surface area contributed by atoms with Crippen LogP contribution >= 0.6 is 0 Å². The van der Waals surface area contributed by atoms with Gasteiger partial charge in [0.2, 0.25) is 5.91 Å². The molecule has 0 radical (unpaired) electrons.